The maximum atomic E-state index is 5.81. The van der Waals surface area contributed by atoms with E-state index in [1.54, 1.807) is 0 Å². The second-order valence-corrected chi connectivity index (χ2v) is 3.46. The van der Waals surface area contributed by atoms with Crippen LogP contribution >= 0.6 is 0 Å². The largest absolute Gasteiger partial charge is 0.328 e. The third kappa shape index (κ3) is 0.970. The van der Waals surface area contributed by atoms with E-state index < -0.39 is 0 Å². The topological polar surface area (TPSA) is 38.0 Å². The van der Waals surface area contributed by atoms with Crippen molar-refractivity contribution in [2.24, 2.45) is 5.73 Å². The predicted molar refractivity (Wildman–Crippen MR) is 37.2 cm³/mol. The van der Waals surface area contributed by atoms with Gasteiger partial charge in [-0.05, 0) is 32.2 Å². The smallest absolute Gasteiger partial charge is 0.0197 e. The fraction of sp³-hybridized carbons (Fsp3) is 1.00. The van der Waals surface area contributed by atoms with Crippen LogP contribution in [-0.2, 0) is 0 Å². The minimum atomic E-state index is 0.480. The predicted octanol–water partition coefficient (Wildman–Crippen LogP) is 0.230. The van der Waals surface area contributed by atoms with Crippen molar-refractivity contribution < 1.29 is 0 Å². The van der Waals surface area contributed by atoms with Crippen LogP contribution < -0.4 is 11.1 Å². The summed E-state index contributed by atoms with van der Waals surface area (Å²) in [5, 5.41) is 3.52. The zero-order valence-corrected chi connectivity index (χ0v) is 5.69. The molecule has 2 aliphatic rings. The van der Waals surface area contributed by atoms with Crippen LogP contribution in [-0.4, -0.2) is 18.1 Å². The molecule has 1 saturated heterocycles. The van der Waals surface area contributed by atoms with Crippen molar-refractivity contribution in [3.63, 3.8) is 0 Å². The number of hydrogen-bond donors (Lipinski definition) is 2. The fourth-order valence-corrected chi connectivity index (χ4v) is 1.73. The molecule has 2 nitrogen and oxygen atoms in total. The van der Waals surface area contributed by atoms with E-state index in [1.165, 1.54) is 25.7 Å². The van der Waals surface area contributed by atoms with Gasteiger partial charge in [-0.25, -0.2) is 0 Å². The van der Waals surface area contributed by atoms with Crippen molar-refractivity contribution in [3.05, 3.63) is 0 Å². The van der Waals surface area contributed by atoms with Gasteiger partial charge in [0.05, 0.1) is 0 Å². The molecule has 0 aromatic carbocycles. The Hall–Kier alpha value is -0.0800. The Balaban J connectivity index is 1.96. The Kier molecular flexibility index (Phi) is 1.08. The van der Waals surface area contributed by atoms with E-state index in [4.69, 9.17) is 5.73 Å². The van der Waals surface area contributed by atoms with Crippen LogP contribution in [0.3, 0.4) is 0 Å². The van der Waals surface area contributed by atoms with Crippen molar-refractivity contribution in [3.8, 4) is 0 Å². The molecule has 1 saturated carbocycles. The minimum absolute atomic E-state index is 0.480. The van der Waals surface area contributed by atoms with Gasteiger partial charge in [0.25, 0.3) is 0 Å². The highest BCUT2D eigenvalue weighted by Gasteiger charge is 2.44. The Morgan fingerprint density at radius 3 is 2.67 bits per heavy atom. The molecule has 0 aromatic rings. The second kappa shape index (κ2) is 1.70. The van der Waals surface area contributed by atoms with Gasteiger partial charge >= 0.3 is 0 Å². The second-order valence-electron chi connectivity index (χ2n) is 3.46. The molecule has 1 heterocycles. The molecule has 2 fully saturated rings. The highest BCUT2D eigenvalue weighted by atomic mass is 15.0. The standard InChI is InChI=1S/C7H14N2/c8-6-1-4-9-7(5-6)2-3-7/h6,9H,1-5,8H2. The fourth-order valence-electron chi connectivity index (χ4n) is 1.73. The lowest BCUT2D eigenvalue weighted by molar-refractivity contribution is 0.346. The first-order chi connectivity index (χ1) is 4.31. The van der Waals surface area contributed by atoms with Crippen molar-refractivity contribution in [2.75, 3.05) is 6.54 Å². The van der Waals surface area contributed by atoms with Crippen LogP contribution in [0.25, 0.3) is 0 Å². The summed E-state index contributed by atoms with van der Waals surface area (Å²) in [6.45, 7) is 1.14. The summed E-state index contributed by atoms with van der Waals surface area (Å²) in [7, 11) is 0. The Labute approximate surface area is 55.8 Å². The number of rotatable bonds is 0. The number of hydrogen-bond acceptors (Lipinski definition) is 2. The first-order valence-corrected chi connectivity index (χ1v) is 3.81. The maximum absolute atomic E-state index is 5.81. The third-order valence-corrected chi connectivity index (χ3v) is 2.52. The molecule has 2 heteroatoms. The van der Waals surface area contributed by atoms with Gasteiger partial charge in [0.2, 0.25) is 0 Å². The molecule has 9 heavy (non-hydrogen) atoms. The molecule has 1 aliphatic carbocycles. The van der Waals surface area contributed by atoms with Gasteiger partial charge in [-0.1, -0.05) is 0 Å². The lowest BCUT2D eigenvalue weighted by Gasteiger charge is -2.27. The molecule has 2 rings (SSSR count). The van der Waals surface area contributed by atoms with E-state index in [0.29, 0.717) is 11.6 Å². The Morgan fingerprint density at radius 1 is 1.44 bits per heavy atom. The lowest BCUT2D eigenvalue weighted by atomic mass is 9.99. The van der Waals surface area contributed by atoms with E-state index in [9.17, 15) is 0 Å². The number of nitrogens with one attached hydrogen (secondary N) is 1. The van der Waals surface area contributed by atoms with Crippen LogP contribution in [0.15, 0.2) is 0 Å². The molecule has 3 N–H and O–H groups in total. The van der Waals surface area contributed by atoms with Crippen LogP contribution in [0, 0.1) is 0 Å². The van der Waals surface area contributed by atoms with Crippen molar-refractivity contribution >= 4 is 0 Å². The average molecular weight is 126 g/mol. The van der Waals surface area contributed by atoms with Crippen LogP contribution in [0.1, 0.15) is 25.7 Å². The Morgan fingerprint density at radius 2 is 2.22 bits per heavy atom. The van der Waals surface area contributed by atoms with Gasteiger partial charge in [0.15, 0.2) is 0 Å². The minimum Gasteiger partial charge on any atom is -0.328 e. The molecule has 1 unspecified atom stereocenters. The van der Waals surface area contributed by atoms with E-state index in [0.717, 1.165) is 6.54 Å². The molecule has 52 valence electrons. The summed E-state index contributed by atoms with van der Waals surface area (Å²) in [5.41, 5.74) is 6.34. The van der Waals surface area contributed by atoms with Gasteiger partial charge in [-0.2, -0.15) is 0 Å². The highest BCUT2D eigenvalue weighted by molar-refractivity contribution is 5.06. The van der Waals surface area contributed by atoms with E-state index in [-0.39, 0.29) is 0 Å². The summed E-state index contributed by atoms with van der Waals surface area (Å²) in [4.78, 5) is 0. The van der Waals surface area contributed by atoms with Crippen molar-refractivity contribution in [1.29, 1.82) is 0 Å². The summed E-state index contributed by atoms with van der Waals surface area (Å²) in [5.74, 6) is 0. The van der Waals surface area contributed by atoms with Crippen LogP contribution in [0.2, 0.25) is 0 Å². The number of nitrogens with two attached hydrogens (primary N) is 1. The molecule has 0 amide bonds. The average Bonchev–Trinajstić information content (AvgIpc) is 2.49. The molecule has 0 bridgehead atoms. The quantitative estimate of drug-likeness (QED) is 0.487. The van der Waals surface area contributed by atoms with E-state index in [1.807, 2.05) is 0 Å². The summed E-state index contributed by atoms with van der Waals surface area (Å²) in [6.07, 6.45) is 5.11. The Bertz CT molecular complexity index is 118. The van der Waals surface area contributed by atoms with Crippen LogP contribution in [0.4, 0.5) is 0 Å². The van der Waals surface area contributed by atoms with E-state index in [2.05, 4.69) is 5.32 Å². The van der Waals surface area contributed by atoms with Gasteiger partial charge in [0.1, 0.15) is 0 Å². The molecule has 1 spiro atoms. The summed E-state index contributed by atoms with van der Waals surface area (Å²) < 4.78 is 0. The van der Waals surface area contributed by atoms with Gasteiger partial charge < -0.3 is 11.1 Å². The zero-order valence-electron chi connectivity index (χ0n) is 5.69. The molecule has 0 aromatic heterocycles. The van der Waals surface area contributed by atoms with Gasteiger partial charge in [-0.3, -0.25) is 0 Å². The monoisotopic (exact) mass is 126 g/mol. The van der Waals surface area contributed by atoms with Gasteiger partial charge in [-0.15, -0.1) is 0 Å². The highest BCUT2D eigenvalue weighted by Crippen LogP contribution is 2.41. The normalized spacial score (nSPS) is 39.0. The SMILES string of the molecule is NC1CCNC2(CC2)C1. The number of piperidine rings is 1. The first-order valence-electron chi connectivity index (χ1n) is 3.81. The maximum Gasteiger partial charge on any atom is 0.0197 e. The van der Waals surface area contributed by atoms with Crippen LogP contribution in [0.5, 0.6) is 0 Å². The third-order valence-electron chi connectivity index (χ3n) is 2.52. The lowest BCUT2D eigenvalue weighted by Crippen LogP contribution is -2.45. The van der Waals surface area contributed by atoms with Crippen molar-refractivity contribution in [1.82, 2.24) is 5.32 Å². The van der Waals surface area contributed by atoms with Crippen molar-refractivity contribution in [2.45, 2.75) is 37.3 Å². The summed E-state index contributed by atoms with van der Waals surface area (Å²) in [6, 6.07) is 0.480. The zero-order chi connectivity index (χ0) is 6.32. The molecular formula is C7H14N2. The molecular weight excluding hydrogens is 112 g/mol. The first kappa shape index (κ1) is 5.69. The van der Waals surface area contributed by atoms with E-state index >= 15 is 0 Å². The van der Waals surface area contributed by atoms with Gasteiger partial charge in [0, 0.05) is 11.6 Å². The molecule has 0 radical (unpaired) electrons. The summed E-state index contributed by atoms with van der Waals surface area (Å²) >= 11 is 0. The molecule has 1 aliphatic heterocycles. The molecule has 1 atom stereocenters.